The van der Waals surface area contributed by atoms with Crippen molar-refractivity contribution in [2.45, 2.75) is 37.8 Å². The van der Waals surface area contributed by atoms with Crippen LogP contribution in [-0.4, -0.2) is 30.8 Å². The first-order valence-electron chi connectivity index (χ1n) is 9.61. The number of nitrogens with zero attached hydrogens (tertiary/aromatic N) is 4. The van der Waals surface area contributed by atoms with Crippen molar-refractivity contribution in [1.29, 1.82) is 0 Å². The van der Waals surface area contributed by atoms with Crippen molar-refractivity contribution < 1.29 is 4.79 Å². The van der Waals surface area contributed by atoms with E-state index in [9.17, 15) is 14.4 Å². The zero-order valence-corrected chi connectivity index (χ0v) is 19.6. The van der Waals surface area contributed by atoms with E-state index in [-0.39, 0.29) is 22.7 Å². The molecular formula is C21H24ClN5O3S. The second kappa shape index (κ2) is 8.84. The third kappa shape index (κ3) is 4.99. The minimum atomic E-state index is -0.486. The van der Waals surface area contributed by atoms with Crippen molar-refractivity contribution in [3.63, 3.8) is 0 Å². The number of hydrogen-bond acceptors (Lipinski definition) is 6. The van der Waals surface area contributed by atoms with Crippen LogP contribution in [0, 0.1) is 0 Å². The summed E-state index contributed by atoms with van der Waals surface area (Å²) in [6.07, 6.45) is 0. The number of halogens is 1. The summed E-state index contributed by atoms with van der Waals surface area (Å²) in [5.74, 6) is 0.336. The molecule has 2 aromatic heterocycles. The van der Waals surface area contributed by atoms with Gasteiger partial charge in [0.2, 0.25) is 5.91 Å². The predicted octanol–water partition coefficient (Wildman–Crippen LogP) is 2.39. The molecule has 0 aliphatic rings. The second-order valence-electron chi connectivity index (χ2n) is 8.20. The van der Waals surface area contributed by atoms with Crippen LogP contribution in [0.3, 0.4) is 0 Å². The number of nitrogens with one attached hydrogen (secondary N) is 1. The summed E-state index contributed by atoms with van der Waals surface area (Å²) in [6.45, 7) is 6.17. The van der Waals surface area contributed by atoms with Gasteiger partial charge in [0.1, 0.15) is 16.2 Å². The Morgan fingerprint density at radius 3 is 2.52 bits per heavy atom. The molecule has 2 heterocycles. The van der Waals surface area contributed by atoms with Crippen LogP contribution in [0.4, 0.5) is 0 Å². The van der Waals surface area contributed by atoms with Crippen molar-refractivity contribution in [3.05, 3.63) is 61.5 Å². The van der Waals surface area contributed by atoms with Crippen molar-refractivity contribution in [2.24, 2.45) is 14.1 Å². The van der Waals surface area contributed by atoms with E-state index in [0.717, 1.165) is 21.9 Å². The lowest BCUT2D eigenvalue weighted by Gasteiger charge is -2.19. The SMILES string of the molecule is Cn1c(=O)c2c(SCC(=O)NCc3cccc(Cl)c3)nc(C(C)(C)C)nc2n(C)c1=O. The first-order valence-corrected chi connectivity index (χ1v) is 11.0. The molecule has 31 heavy (non-hydrogen) atoms. The van der Waals surface area contributed by atoms with Gasteiger partial charge in [0.25, 0.3) is 5.56 Å². The molecule has 0 atom stereocenters. The molecule has 0 saturated carbocycles. The fourth-order valence-corrected chi connectivity index (χ4v) is 3.96. The molecule has 0 aliphatic carbocycles. The molecule has 3 rings (SSSR count). The van der Waals surface area contributed by atoms with Crippen molar-refractivity contribution in [3.8, 4) is 0 Å². The molecule has 8 nitrogen and oxygen atoms in total. The molecule has 1 aromatic carbocycles. The maximum atomic E-state index is 12.8. The molecule has 3 aromatic rings. The van der Waals surface area contributed by atoms with Gasteiger partial charge in [-0.2, -0.15) is 0 Å². The number of thioether (sulfide) groups is 1. The molecule has 164 valence electrons. The first kappa shape index (κ1) is 23.0. The molecule has 1 N–H and O–H groups in total. The van der Waals surface area contributed by atoms with E-state index in [1.54, 1.807) is 19.2 Å². The molecular weight excluding hydrogens is 438 g/mol. The van der Waals surface area contributed by atoms with Gasteiger partial charge in [0.05, 0.1) is 5.75 Å². The fourth-order valence-electron chi connectivity index (χ4n) is 2.90. The number of hydrogen-bond donors (Lipinski definition) is 1. The minimum absolute atomic E-state index is 0.0578. The number of fused-ring (bicyclic) bond motifs is 1. The number of rotatable bonds is 5. The number of amides is 1. The van der Waals surface area contributed by atoms with E-state index in [4.69, 9.17) is 11.6 Å². The van der Waals surface area contributed by atoms with Crippen LogP contribution in [0.1, 0.15) is 32.2 Å². The molecule has 0 unspecified atom stereocenters. The maximum Gasteiger partial charge on any atom is 0.332 e. The highest BCUT2D eigenvalue weighted by Gasteiger charge is 2.24. The Labute approximate surface area is 188 Å². The van der Waals surface area contributed by atoms with E-state index in [0.29, 0.717) is 22.4 Å². The van der Waals surface area contributed by atoms with Crippen LogP contribution in [0.25, 0.3) is 11.0 Å². The van der Waals surface area contributed by atoms with Crippen LogP contribution in [0.2, 0.25) is 5.02 Å². The third-order valence-corrected chi connectivity index (χ3v) is 5.87. The highest BCUT2D eigenvalue weighted by molar-refractivity contribution is 8.00. The monoisotopic (exact) mass is 461 g/mol. The van der Waals surface area contributed by atoms with E-state index < -0.39 is 16.7 Å². The maximum absolute atomic E-state index is 12.8. The summed E-state index contributed by atoms with van der Waals surface area (Å²) in [5, 5.41) is 4.04. The predicted molar refractivity (Wildman–Crippen MR) is 123 cm³/mol. The summed E-state index contributed by atoms with van der Waals surface area (Å²) in [4.78, 5) is 46.7. The van der Waals surface area contributed by atoms with Gasteiger partial charge in [-0.15, -0.1) is 0 Å². The van der Waals surface area contributed by atoms with Gasteiger partial charge >= 0.3 is 5.69 Å². The number of carbonyl (C=O) groups excluding carboxylic acids is 1. The van der Waals surface area contributed by atoms with Crippen LogP contribution in [0.5, 0.6) is 0 Å². The zero-order valence-electron chi connectivity index (χ0n) is 18.0. The lowest BCUT2D eigenvalue weighted by molar-refractivity contribution is -0.118. The largest absolute Gasteiger partial charge is 0.351 e. The highest BCUT2D eigenvalue weighted by Crippen LogP contribution is 2.26. The number of aryl methyl sites for hydroxylation is 1. The van der Waals surface area contributed by atoms with Crippen LogP contribution in [0.15, 0.2) is 38.9 Å². The molecule has 0 spiro atoms. The molecule has 0 aliphatic heterocycles. The normalized spacial score (nSPS) is 11.7. The Kier molecular flexibility index (Phi) is 6.56. The minimum Gasteiger partial charge on any atom is -0.351 e. The number of benzene rings is 1. The second-order valence-corrected chi connectivity index (χ2v) is 9.60. The Balaban J connectivity index is 1.92. The fraction of sp³-hybridized carbons (Fsp3) is 0.381. The van der Waals surface area contributed by atoms with Crippen LogP contribution < -0.4 is 16.6 Å². The smallest absolute Gasteiger partial charge is 0.332 e. The van der Waals surface area contributed by atoms with E-state index in [1.807, 2.05) is 32.9 Å². The third-order valence-electron chi connectivity index (χ3n) is 4.66. The van der Waals surface area contributed by atoms with E-state index in [1.165, 1.54) is 11.6 Å². The van der Waals surface area contributed by atoms with Crippen LogP contribution >= 0.6 is 23.4 Å². The zero-order chi connectivity index (χ0) is 22.9. The van der Waals surface area contributed by atoms with Gasteiger partial charge in [-0.05, 0) is 17.7 Å². The highest BCUT2D eigenvalue weighted by atomic mass is 35.5. The van der Waals surface area contributed by atoms with E-state index >= 15 is 0 Å². The Hall–Kier alpha value is -2.65. The summed E-state index contributed by atoms with van der Waals surface area (Å²) in [6, 6.07) is 7.24. The van der Waals surface area contributed by atoms with Gasteiger partial charge in [0.15, 0.2) is 5.65 Å². The molecule has 0 bridgehead atoms. The molecule has 0 saturated heterocycles. The first-order chi connectivity index (χ1) is 14.5. The van der Waals surface area contributed by atoms with Gasteiger partial charge in [0, 0.05) is 31.1 Å². The Bertz CT molecular complexity index is 1280. The molecule has 0 fully saturated rings. The summed E-state index contributed by atoms with van der Waals surface area (Å²) in [5.41, 5.74) is -0.214. The van der Waals surface area contributed by atoms with Crippen molar-refractivity contribution >= 4 is 40.3 Å². The van der Waals surface area contributed by atoms with Gasteiger partial charge in [-0.25, -0.2) is 14.8 Å². The van der Waals surface area contributed by atoms with Gasteiger partial charge in [-0.1, -0.05) is 56.3 Å². The molecule has 1 amide bonds. The van der Waals surface area contributed by atoms with Crippen molar-refractivity contribution in [1.82, 2.24) is 24.4 Å². The lowest BCUT2D eigenvalue weighted by atomic mass is 9.96. The van der Waals surface area contributed by atoms with Gasteiger partial charge in [-0.3, -0.25) is 18.7 Å². The quantitative estimate of drug-likeness (QED) is 0.462. The Morgan fingerprint density at radius 2 is 1.87 bits per heavy atom. The average molecular weight is 462 g/mol. The summed E-state index contributed by atoms with van der Waals surface area (Å²) >= 11 is 7.12. The average Bonchev–Trinajstić information content (AvgIpc) is 2.72. The Morgan fingerprint density at radius 1 is 1.16 bits per heavy atom. The van der Waals surface area contributed by atoms with Gasteiger partial charge < -0.3 is 5.32 Å². The molecule has 10 heteroatoms. The topological polar surface area (TPSA) is 98.9 Å². The van der Waals surface area contributed by atoms with Crippen molar-refractivity contribution in [2.75, 3.05) is 5.75 Å². The van der Waals surface area contributed by atoms with Crippen LogP contribution in [-0.2, 0) is 30.8 Å². The lowest BCUT2D eigenvalue weighted by Crippen LogP contribution is -2.38. The summed E-state index contributed by atoms with van der Waals surface area (Å²) < 4.78 is 2.35. The van der Waals surface area contributed by atoms with E-state index in [2.05, 4.69) is 15.3 Å². The molecule has 0 radical (unpaired) electrons. The number of carbonyl (C=O) groups is 1. The standard InChI is InChI=1S/C21H24ClN5O3S/c1-21(2,3)19-24-16-15(18(29)27(5)20(30)26(16)4)17(25-19)31-11-14(28)23-10-12-7-6-8-13(22)9-12/h6-9H,10-11H2,1-5H3,(H,23,28). The summed E-state index contributed by atoms with van der Waals surface area (Å²) in [7, 11) is 2.98. The number of aromatic nitrogens is 4.